The summed E-state index contributed by atoms with van der Waals surface area (Å²) >= 11 is 9.62. The summed E-state index contributed by atoms with van der Waals surface area (Å²) in [6.07, 6.45) is 0. The van der Waals surface area contributed by atoms with E-state index in [1.54, 1.807) is 18.2 Å². The lowest BCUT2D eigenvalue weighted by molar-refractivity contribution is 0.103. The molecule has 108 valence electrons. The minimum atomic E-state index is -0.138. The van der Waals surface area contributed by atoms with Gasteiger partial charge in [0.1, 0.15) is 13.2 Å². The number of aryl methyl sites for hydroxylation is 1. The number of halogens is 2. The lowest BCUT2D eigenvalue weighted by atomic mass is 10.0. The average Bonchev–Trinajstić information content (AvgIpc) is 2.44. The summed E-state index contributed by atoms with van der Waals surface area (Å²) in [6.45, 7) is 2.90. The molecule has 0 bridgehead atoms. The van der Waals surface area contributed by atoms with E-state index in [9.17, 15) is 4.79 Å². The van der Waals surface area contributed by atoms with Gasteiger partial charge in [-0.3, -0.25) is 4.79 Å². The van der Waals surface area contributed by atoms with Crippen LogP contribution in [0.3, 0.4) is 0 Å². The molecule has 1 aliphatic rings. The summed E-state index contributed by atoms with van der Waals surface area (Å²) in [6, 6.07) is 8.84. The fourth-order valence-electron chi connectivity index (χ4n) is 2.26. The van der Waals surface area contributed by atoms with Crippen molar-refractivity contribution in [3.05, 3.63) is 56.5 Å². The predicted octanol–water partition coefficient (Wildman–Crippen LogP) is 4.41. The van der Waals surface area contributed by atoms with Crippen molar-refractivity contribution in [3.8, 4) is 11.5 Å². The van der Waals surface area contributed by atoms with Crippen LogP contribution in [0.1, 0.15) is 21.5 Å². The molecule has 0 amide bonds. The fourth-order valence-corrected chi connectivity index (χ4v) is 3.11. The fraction of sp³-hybridized carbons (Fsp3) is 0.188. The number of ether oxygens (including phenoxy) is 2. The zero-order valence-electron chi connectivity index (χ0n) is 11.3. The van der Waals surface area contributed by atoms with Gasteiger partial charge in [0, 0.05) is 21.7 Å². The van der Waals surface area contributed by atoms with Crippen molar-refractivity contribution in [1.29, 1.82) is 0 Å². The van der Waals surface area contributed by atoms with Gasteiger partial charge in [0.05, 0.1) is 5.02 Å². The molecule has 0 saturated heterocycles. The third-order valence-corrected chi connectivity index (χ3v) is 3.95. The number of carbonyl (C=O) groups is 1. The minimum absolute atomic E-state index is 0.138. The molecule has 0 radical (unpaired) electrons. The molecule has 0 aliphatic carbocycles. The second kappa shape index (κ2) is 5.70. The van der Waals surface area contributed by atoms with Crippen molar-refractivity contribution in [2.45, 2.75) is 6.92 Å². The topological polar surface area (TPSA) is 35.5 Å². The van der Waals surface area contributed by atoms with E-state index < -0.39 is 0 Å². The van der Waals surface area contributed by atoms with Crippen LogP contribution in [0.15, 0.2) is 34.8 Å². The SMILES string of the molecule is Cc1cc(Br)cc(C(=O)c2cc3c(cc2Cl)OCCO3)c1. The van der Waals surface area contributed by atoms with Crippen LogP contribution in [-0.2, 0) is 0 Å². The van der Waals surface area contributed by atoms with Gasteiger partial charge in [-0.1, -0.05) is 27.5 Å². The van der Waals surface area contributed by atoms with Gasteiger partial charge in [0.2, 0.25) is 0 Å². The Kier molecular flexibility index (Phi) is 3.91. The molecular weight excluding hydrogens is 356 g/mol. The van der Waals surface area contributed by atoms with E-state index in [4.69, 9.17) is 21.1 Å². The highest BCUT2D eigenvalue weighted by molar-refractivity contribution is 9.10. The number of ketones is 1. The molecule has 3 rings (SSSR count). The number of hydrogen-bond acceptors (Lipinski definition) is 3. The number of benzene rings is 2. The molecule has 21 heavy (non-hydrogen) atoms. The summed E-state index contributed by atoms with van der Waals surface area (Å²) in [4.78, 5) is 12.7. The lowest BCUT2D eigenvalue weighted by Crippen LogP contribution is -2.16. The summed E-state index contributed by atoms with van der Waals surface area (Å²) in [5, 5.41) is 0.363. The van der Waals surface area contributed by atoms with Crippen LogP contribution < -0.4 is 9.47 Å². The smallest absolute Gasteiger partial charge is 0.194 e. The lowest BCUT2D eigenvalue weighted by Gasteiger charge is -2.19. The first-order valence-corrected chi connectivity index (χ1v) is 7.63. The monoisotopic (exact) mass is 366 g/mol. The summed E-state index contributed by atoms with van der Waals surface area (Å²) in [5.74, 6) is 0.996. The molecular formula is C16H12BrClO3. The molecule has 0 aromatic heterocycles. The van der Waals surface area contributed by atoms with Gasteiger partial charge in [-0.05, 0) is 36.8 Å². The maximum atomic E-state index is 12.7. The maximum Gasteiger partial charge on any atom is 0.194 e. The summed E-state index contributed by atoms with van der Waals surface area (Å²) in [5.41, 5.74) is 2.00. The molecule has 3 nitrogen and oxygen atoms in total. The van der Waals surface area contributed by atoms with E-state index >= 15 is 0 Å². The Bertz CT molecular complexity index is 707. The number of hydrogen-bond donors (Lipinski definition) is 0. The van der Waals surface area contributed by atoms with Crippen LogP contribution in [0.2, 0.25) is 5.02 Å². The number of fused-ring (bicyclic) bond motifs is 1. The molecule has 0 saturated carbocycles. The average molecular weight is 368 g/mol. The van der Waals surface area contributed by atoms with E-state index in [2.05, 4.69) is 15.9 Å². The van der Waals surface area contributed by atoms with Crippen molar-refractivity contribution in [3.63, 3.8) is 0 Å². The highest BCUT2D eigenvalue weighted by atomic mass is 79.9. The van der Waals surface area contributed by atoms with Crippen molar-refractivity contribution in [2.24, 2.45) is 0 Å². The molecule has 0 atom stereocenters. The van der Waals surface area contributed by atoms with E-state index in [1.165, 1.54) is 0 Å². The summed E-state index contributed by atoms with van der Waals surface area (Å²) in [7, 11) is 0. The normalized spacial score (nSPS) is 13.1. The van der Waals surface area contributed by atoms with Crippen LogP contribution >= 0.6 is 27.5 Å². The van der Waals surface area contributed by atoms with Gasteiger partial charge < -0.3 is 9.47 Å². The predicted molar refractivity (Wildman–Crippen MR) is 84.8 cm³/mol. The Balaban J connectivity index is 2.05. The molecule has 0 spiro atoms. The molecule has 0 unspecified atom stereocenters. The molecule has 2 aromatic carbocycles. The molecule has 0 N–H and O–H groups in total. The zero-order valence-corrected chi connectivity index (χ0v) is 13.6. The molecule has 2 aromatic rings. The Morgan fingerprint density at radius 2 is 1.76 bits per heavy atom. The van der Waals surface area contributed by atoms with Crippen molar-refractivity contribution >= 4 is 33.3 Å². The molecule has 1 heterocycles. The Morgan fingerprint density at radius 1 is 1.10 bits per heavy atom. The van der Waals surface area contributed by atoms with Gasteiger partial charge >= 0.3 is 0 Å². The second-order valence-corrected chi connectivity index (χ2v) is 6.14. The first-order chi connectivity index (χ1) is 10.0. The zero-order chi connectivity index (χ0) is 15.0. The first-order valence-electron chi connectivity index (χ1n) is 6.45. The Hall–Kier alpha value is -1.52. The van der Waals surface area contributed by atoms with Crippen molar-refractivity contribution in [1.82, 2.24) is 0 Å². The Labute approximate surface area is 136 Å². The van der Waals surface area contributed by atoms with Gasteiger partial charge in [0.15, 0.2) is 17.3 Å². The van der Waals surface area contributed by atoms with Crippen LogP contribution in [0.25, 0.3) is 0 Å². The van der Waals surface area contributed by atoms with E-state index in [-0.39, 0.29) is 5.78 Å². The third-order valence-electron chi connectivity index (χ3n) is 3.18. The van der Waals surface area contributed by atoms with Gasteiger partial charge in [-0.25, -0.2) is 0 Å². The van der Waals surface area contributed by atoms with Gasteiger partial charge in [0.25, 0.3) is 0 Å². The van der Waals surface area contributed by atoms with Crippen molar-refractivity contribution in [2.75, 3.05) is 13.2 Å². The quantitative estimate of drug-likeness (QED) is 0.737. The summed E-state index contributed by atoms with van der Waals surface area (Å²) < 4.78 is 11.8. The van der Waals surface area contributed by atoms with Crippen LogP contribution in [-0.4, -0.2) is 19.0 Å². The number of carbonyl (C=O) groups excluding carboxylic acids is 1. The number of rotatable bonds is 2. The Morgan fingerprint density at radius 3 is 2.43 bits per heavy atom. The van der Waals surface area contributed by atoms with Gasteiger partial charge in [-0.15, -0.1) is 0 Å². The third kappa shape index (κ3) is 2.92. The first kappa shape index (κ1) is 14.4. The van der Waals surface area contributed by atoms with E-state index in [0.29, 0.717) is 40.9 Å². The van der Waals surface area contributed by atoms with Crippen LogP contribution in [0, 0.1) is 6.92 Å². The van der Waals surface area contributed by atoms with Crippen LogP contribution in [0.5, 0.6) is 11.5 Å². The highest BCUT2D eigenvalue weighted by Crippen LogP contribution is 2.36. The van der Waals surface area contributed by atoms with Crippen molar-refractivity contribution < 1.29 is 14.3 Å². The van der Waals surface area contributed by atoms with Crippen LogP contribution in [0.4, 0.5) is 0 Å². The van der Waals surface area contributed by atoms with E-state index in [1.807, 2.05) is 19.1 Å². The standard InChI is InChI=1S/C16H12BrClO3/c1-9-4-10(6-11(17)5-9)16(19)12-7-14-15(8-13(12)18)21-3-2-20-14/h4-8H,2-3H2,1H3. The minimum Gasteiger partial charge on any atom is -0.486 e. The highest BCUT2D eigenvalue weighted by Gasteiger charge is 2.20. The maximum absolute atomic E-state index is 12.7. The van der Waals surface area contributed by atoms with Gasteiger partial charge in [-0.2, -0.15) is 0 Å². The largest absolute Gasteiger partial charge is 0.486 e. The molecule has 0 fully saturated rings. The molecule has 1 aliphatic heterocycles. The van der Waals surface area contributed by atoms with E-state index in [0.717, 1.165) is 10.0 Å². The second-order valence-electron chi connectivity index (χ2n) is 4.82. The molecule has 5 heteroatoms.